The van der Waals surface area contributed by atoms with Gasteiger partial charge in [0.15, 0.2) is 0 Å². The first-order valence-electron chi connectivity index (χ1n) is 11.2. The molecule has 0 saturated heterocycles. The first-order valence-corrected chi connectivity index (χ1v) is 12.3. The molecule has 0 radical (unpaired) electrons. The van der Waals surface area contributed by atoms with Crippen LogP contribution in [0, 0.1) is 26.7 Å². The minimum atomic E-state index is -1.21. The molecular weight excluding hydrogens is 505 g/mol. The number of hydrogen-bond donors (Lipinski definition) is 2. The molecule has 35 heavy (non-hydrogen) atoms. The summed E-state index contributed by atoms with van der Waals surface area (Å²) >= 11 is 19.4. The number of hydrogen-bond acceptors (Lipinski definition) is 3. The van der Waals surface area contributed by atoms with Crippen molar-refractivity contribution in [3.8, 4) is 0 Å². The van der Waals surface area contributed by atoms with Crippen molar-refractivity contribution in [2.45, 2.75) is 31.0 Å². The van der Waals surface area contributed by atoms with Gasteiger partial charge in [-0.15, -0.1) is 23.2 Å². The molecule has 2 amide bonds. The molecule has 2 N–H and O–H groups in total. The normalized spacial score (nSPS) is 18.0. The van der Waals surface area contributed by atoms with E-state index in [-0.39, 0.29) is 22.4 Å². The lowest BCUT2D eigenvalue weighted by molar-refractivity contribution is -0.117. The van der Waals surface area contributed by atoms with E-state index in [0.29, 0.717) is 5.69 Å². The zero-order chi connectivity index (χ0) is 25.5. The minimum Gasteiger partial charge on any atom is -0.326 e. The lowest BCUT2D eigenvalue weighted by Crippen LogP contribution is -2.39. The highest BCUT2D eigenvalue weighted by molar-refractivity contribution is 6.53. The Hall–Kier alpha value is -2.73. The van der Waals surface area contributed by atoms with Crippen LogP contribution in [0.4, 0.5) is 11.4 Å². The highest BCUT2D eigenvalue weighted by Crippen LogP contribution is 2.65. The average Bonchev–Trinajstić information content (AvgIpc) is 3.40. The number of alkyl halides is 2. The van der Waals surface area contributed by atoms with E-state index in [1.54, 1.807) is 24.2 Å². The van der Waals surface area contributed by atoms with Crippen molar-refractivity contribution >= 4 is 58.0 Å². The molecule has 0 unspecified atom stereocenters. The molecule has 3 aromatic rings. The van der Waals surface area contributed by atoms with Gasteiger partial charge < -0.3 is 5.32 Å². The van der Waals surface area contributed by atoms with Gasteiger partial charge in [-0.25, -0.2) is 0 Å². The number of nitrogens with one attached hydrogen (secondary N) is 2. The van der Waals surface area contributed by atoms with Gasteiger partial charge in [0, 0.05) is 18.7 Å². The van der Waals surface area contributed by atoms with Crippen LogP contribution in [-0.2, 0) is 4.79 Å². The van der Waals surface area contributed by atoms with Gasteiger partial charge in [-0.2, -0.15) is 0 Å². The second-order valence-corrected chi connectivity index (χ2v) is 10.8. The number of halogens is 3. The van der Waals surface area contributed by atoms with Crippen molar-refractivity contribution in [1.29, 1.82) is 0 Å². The summed E-state index contributed by atoms with van der Waals surface area (Å²) in [5.74, 6) is -1.66. The topological polar surface area (TPSA) is 61.4 Å². The van der Waals surface area contributed by atoms with Crippen LogP contribution in [0.2, 0.25) is 5.02 Å². The van der Waals surface area contributed by atoms with E-state index in [9.17, 15) is 9.59 Å². The quantitative estimate of drug-likeness (QED) is 0.280. The molecule has 8 heteroatoms. The maximum Gasteiger partial charge on any atom is 0.271 e. The summed E-state index contributed by atoms with van der Waals surface area (Å²) in [6.07, 6.45) is 0. The molecule has 0 bridgehead atoms. The monoisotopic (exact) mass is 529 g/mol. The SMILES string of the molecule is Cc1cc([C@H]2[C@H](C(=O)Nc3ccc(Cl)c(C(=O)NN(C)c4ccccc4)c3)C2(Cl)Cl)cc(C)c1C. The molecule has 3 aromatic carbocycles. The van der Waals surface area contributed by atoms with E-state index < -0.39 is 16.2 Å². The zero-order valence-electron chi connectivity index (χ0n) is 19.8. The van der Waals surface area contributed by atoms with Crippen LogP contribution in [-0.4, -0.2) is 23.2 Å². The van der Waals surface area contributed by atoms with Crippen LogP contribution in [0.5, 0.6) is 0 Å². The maximum atomic E-state index is 13.1. The summed E-state index contributed by atoms with van der Waals surface area (Å²) < 4.78 is -1.21. The molecule has 0 heterocycles. The Morgan fingerprint density at radius 2 is 1.57 bits per heavy atom. The smallest absolute Gasteiger partial charge is 0.271 e. The van der Waals surface area contributed by atoms with Gasteiger partial charge in [0.1, 0.15) is 4.33 Å². The van der Waals surface area contributed by atoms with Crippen LogP contribution < -0.4 is 15.8 Å². The number of amides is 2. The second kappa shape index (κ2) is 9.73. The molecule has 2 atom stereocenters. The van der Waals surface area contributed by atoms with Crippen molar-refractivity contribution in [3.05, 3.63) is 93.5 Å². The molecule has 4 rings (SSSR count). The summed E-state index contributed by atoms with van der Waals surface area (Å²) in [5, 5.41) is 4.71. The Morgan fingerprint density at radius 3 is 2.20 bits per heavy atom. The van der Waals surface area contributed by atoms with E-state index in [1.807, 2.05) is 56.3 Å². The molecule has 1 fully saturated rings. The van der Waals surface area contributed by atoms with Crippen LogP contribution in [0.15, 0.2) is 60.7 Å². The number of nitrogens with zero attached hydrogens (tertiary/aromatic N) is 1. The Kier molecular flexibility index (Phi) is 7.05. The predicted molar refractivity (Wildman–Crippen MR) is 144 cm³/mol. The molecule has 182 valence electrons. The van der Waals surface area contributed by atoms with E-state index in [1.165, 1.54) is 11.6 Å². The maximum absolute atomic E-state index is 13.1. The number of para-hydroxylation sites is 1. The van der Waals surface area contributed by atoms with Crippen molar-refractivity contribution in [2.75, 3.05) is 17.4 Å². The number of carbonyl (C=O) groups is 2. The van der Waals surface area contributed by atoms with E-state index in [4.69, 9.17) is 34.8 Å². The number of hydrazine groups is 1. The second-order valence-electron chi connectivity index (χ2n) is 8.93. The van der Waals surface area contributed by atoms with Crippen LogP contribution >= 0.6 is 34.8 Å². The van der Waals surface area contributed by atoms with E-state index >= 15 is 0 Å². The van der Waals surface area contributed by atoms with Crippen molar-refractivity contribution in [2.24, 2.45) is 5.92 Å². The fraction of sp³-hybridized carbons (Fsp3) is 0.259. The van der Waals surface area contributed by atoms with Crippen LogP contribution in [0.3, 0.4) is 0 Å². The lowest BCUT2D eigenvalue weighted by Gasteiger charge is -2.20. The Labute approximate surface area is 220 Å². The number of carbonyl (C=O) groups excluding carboxylic acids is 2. The molecular formula is C27H26Cl3N3O2. The molecule has 1 saturated carbocycles. The summed E-state index contributed by atoms with van der Waals surface area (Å²) in [6.45, 7) is 6.12. The van der Waals surface area contributed by atoms with Gasteiger partial charge in [-0.05, 0) is 73.4 Å². The third kappa shape index (κ3) is 5.13. The Bertz CT molecular complexity index is 1270. The lowest BCUT2D eigenvalue weighted by atomic mass is 9.97. The Balaban J connectivity index is 1.49. The predicted octanol–water partition coefficient (Wildman–Crippen LogP) is 6.57. The summed E-state index contributed by atoms with van der Waals surface area (Å²) in [7, 11) is 1.73. The van der Waals surface area contributed by atoms with Crippen molar-refractivity contribution in [3.63, 3.8) is 0 Å². The minimum absolute atomic E-state index is 0.229. The standard InChI is InChI=1S/C27H26Cl3N3O2/c1-15-12-18(13-16(2)17(15)3)23-24(27(23,29)30)26(35)31-19-10-11-22(28)21(14-19)25(34)32-33(4)20-8-6-5-7-9-20/h5-14,23-24H,1-4H3,(H,31,35)(H,32,34)/t23-,24+/m0/s1. The summed E-state index contributed by atoms with van der Waals surface area (Å²) in [4.78, 5) is 26.0. The Morgan fingerprint density at radius 1 is 0.943 bits per heavy atom. The molecule has 0 spiro atoms. The van der Waals surface area contributed by atoms with Gasteiger partial charge in [-0.1, -0.05) is 41.9 Å². The van der Waals surface area contributed by atoms with Gasteiger partial charge in [-0.3, -0.25) is 20.0 Å². The van der Waals surface area contributed by atoms with Crippen LogP contribution in [0.1, 0.15) is 38.5 Å². The van der Waals surface area contributed by atoms with Gasteiger partial charge in [0.2, 0.25) is 5.91 Å². The number of benzene rings is 3. The molecule has 0 aliphatic heterocycles. The molecule has 1 aliphatic rings. The molecule has 1 aliphatic carbocycles. The third-order valence-corrected chi connectivity index (χ3v) is 7.81. The van der Waals surface area contributed by atoms with Crippen LogP contribution in [0.25, 0.3) is 0 Å². The third-order valence-electron chi connectivity index (χ3n) is 6.54. The van der Waals surface area contributed by atoms with Gasteiger partial charge in [0.05, 0.1) is 22.2 Å². The highest BCUT2D eigenvalue weighted by atomic mass is 35.5. The summed E-state index contributed by atoms with van der Waals surface area (Å²) in [6, 6.07) is 18.2. The first kappa shape index (κ1) is 25.4. The van der Waals surface area contributed by atoms with E-state index in [0.717, 1.165) is 22.4 Å². The average molecular weight is 531 g/mol. The number of anilines is 2. The zero-order valence-corrected chi connectivity index (χ0v) is 22.1. The molecule has 0 aromatic heterocycles. The van der Waals surface area contributed by atoms with Gasteiger partial charge in [0.25, 0.3) is 5.91 Å². The van der Waals surface area contributed by atoms with Gasteiger partial charge >= 0.3 is 0 Å². The fourth-order valence-corrected chi connectivity index (χ4v) is 5.27. The number of rotatable bonds is 6. The van der Waals surface area contributed by atoms with Crippen molar-refractivity contribution in [1.82, 2.24) is 5.43 Å². The summed E-state index contributed by atoms with van der Waals surface area (Å²) in [5.41, 5.74) is 8.65. The fourth-order valence-electron chi connectivity index (χ4n) is 4.24. The first-order chi connectivity index (χ1) is 16.5. The van der Waals surface area contributed by atoms with E-state index in [2.05, 4.69) is 17.7 Å². The number of aryl methyl sites for hydroxylation is 2. The molecule has 5 nitrogen and oxygen atoms in total. The highest BCUT2D eigenvalue weighted by Gasteiger charge is 2.67. The largest absolute Gasteiger partial charge is 0.326 e. The van der Waals surface area contributed by atoms with Crippen molar-refractivity contribution < 1.29 is 9.59 Å².